The molecule has 0 aliphatic heterocycles. The third-order valence-electron chi connectivity index (χ3n) is 4.61. The number of carbonyl (C=O) groups excluding carboxylic acids is 4. The molecule has 0 rings (SSSR count). The zero-order valence-electron chi connectivity index (χ0n) is 18.5. The molecule has 9 N–H and O–H groups in total. The van der Waals surface area contributed by atoms with Crippen molar-refractivity contribution < 1.29 is 34.2 Å². The molecule has 31 heavy (non-hydrogen) atoms. The summed E-state index contributed by atoms with van der Waals surface area (Å²) in [7, 11) is 0. The van der Waals surface area contributed by atoms with Crippen molar-refractivity contribution in [3.63, 3.8) is 0 Å². The SMILES string of the molecule is CC(C)C(NC(=O)C(N)C(C)O)C(=O)NC(C(=O)NC(CCC(N)=O)C(=O)O)C(C)C. The number of rotatable bonds is 13. The lowest BCUT2D eigenvalue weighted by Gasteiger charge is -2.28. The van der Waals surface area contributed by atoms with E-state index in [1.54, 1.807) is 27.7 Å². The minimum absolute atomic E-state index is 0.197. The maximum atomic E-state index is 12.8. The summed E-state index contributed by atoms with van der Waals surface area (Å²) in [6, 6.07) is -4.74. The van der Waals surface area contributed by atoms with Crippen LogP contribution in [-0.4, -0.2) is 70.1 Å². The quantitative estimate of drug-likeness (QED) is 0.165. The van der Waals surface area contributed by atoms with Gasteiger partial charge in [-0.3, -0.25) is 19.2 Å². The molecule has 5 atom stereocenters. The van der Waals surface area contributed by atoms with Crippen molar-refractivity contribution in [2.24, 2.45) is 23.3 Å². The predicted octanol–water partition coefficient (Wildman–Crippen LogP) is -2.19. The van der Waals surface area contributed by atoms with Gasteiger partial charge in [-0.2, -0.15) is 0 Å². The van der Waals surface area contributed by atoms with Crippen LogP contribution >= 0.6 is 0 Å². The Morgan fingerprint density at radius 1 is 0.806 bits per heavy atom. The lowest BCUT2D eigenvalue weighted by atomic mass is 9.98. The van der Waals surface area contributed by atoms with E-state index >= 15 is 0 Å². The van der Waals surface area contributed by atoms with Crippen LogP contribution in [0.15, 0.2) is 0 Å². The summed E-state index contributed by atoms with van der Waals surface area (Å²) >= 11 is 0. The molecule has 0 aromatic rings. The minimum Gasteiger partial charge on any atom is -0.480 e. The van der Waals surface area contributed by atoms with E-state index in [0.717, 1.165) is 0 Å². The Balaban J connectivity index is 5.36. The zero-order valence-corrected chi connectivity index (χ0v) is 18.5. The highest BCUT2D eigenvalue weighted by Gasteiger charge is 2.33. The summed E-state index contributed by atoms with van der Waals surface area (Å²) in [6.45, 7) is 7.98. The van der Waals surface area contributed by atoms with Gasteiger partial charge in [-0.05, 0) is 25.2 Å². The van der Waals surface area contributed by atoms with Crippen LogP contribution < -0.4 is 27.4 Å². The molecule has 12 nitrogen and oxygen atoms in total. The highest BCUT2D eigenvalue weighted by Crippen LogP contribution is 2.08. The number of nitrogens with two attached hydrogens (primary N) is 2. The Bertz CT molecular complexity index is 666. The van der Waals surface area contributed by atoms with Gasteiger partial charge in [0.05, 0.1) is 6.10 Å². The van der Waals surface area contributed by atoms with Crippen LogP contribution in [0.1, 0.15) is 47.5 Å². The van der Waals surface area contributed by atoms with Crippen molar-refractivity contribution in [1.29, 1.82) is 0 Å². The molecular weight excluding hydrogens is 410 g/mol. The van der Waals surface area contributed by atoms with Crippen molar-refractivity contribution >= 4 is 29.6 Å². The van der Waals surface area contributed by atoms with Crippen LogP contribution in [0.2, 0.25) is 0 Å². The highest BCUT2D eigenvalue weighted by molar-refractivity contribution is 5.94. The maximum absolute atomic E-state index is 12.8. The average Bonchev–Trinajstić information content (AvgIpc) is 2.64. The van der Waals surface area contributed by atoms with Crippen molar-refractivity contribution in [2.45, 2.75) is 77.7 Å². The van der Waals surface area contributed by atoms with Gasteiger partial charge in [0.1, 0.15) is 24.2 Å². The monoisotopic (exact) mass is 445 g/mol. The van der Waals surface area contributed by atoms with Crippen molar-refractivity contribution in [3.05, 3.63) is 0 Å². The van der Waals surface area contributed by atoms with Crippen LogP contribution in [0.25, 0.3) is 0 Å². The van der Waals surface area contributed by atoms with Crippen molar-refractivity contribution in [1.82, 2.24) is 16.0 Å². The second-order valence-electron chi connectivity index (χ2n) is 8.13. The summed E-state index contributed by atoms with van der Waals surface area (Å²) in [5.41, 5.74) is 10.6. The number of hydrogen-bond acceptors (Lipinski definition) is 7. The predicted molar refractivity (Wildman–Crippen MR) is 111 cm³/mol. The second kappa shape index (κ2) is 12.8. The fourth-order valence-electron chi connectivity index (χ4n) is 2.59. The fraction of sp³-hybridized carbons (Fsp3) is 0.737. The van der Waals surface area contributed by atoms with Gasteiger partial charge >= 0.3 is 5.97 Å². The van der Waals surface area contributed by atoms with Gasteiger partial charge in [-0.25, -0.2) is 4.79 Å². The van der Waals surface area contributed by atoms with Crippen LogP contribution in [0.4, 0.5) is 0 Å². The molecule has 0 aromatic heterocycles. The average molecular weight is 446 g/mol. The van der Waals surface area contributed by atoms with E-state index in [0.29, 0.717) is 0 Å². The molecule has 0 aliphatic rings. The normalized spacial score (nSPS) is 16.0. The highest BCUT2D eigenvalue weighted by atomic mass is 16.4. The molecule has 5 unspecified atom stereocenters. The number of carboxylic acids is 1. The Labute approximate surface area is 181 Å². The number of hydrogen-bond donors (Lipinski definition) is 7. The van der Waals surface area contributed by atoms with Gasteiger partial charge in [0.15, 0.2) is 0 Å². The number of nitrogens with one attached hydrogen (secondary N) is 3. The lowest BCUT2D eigenvalue weighted by Crippen LogP contribution is -2.60. The molecular formula is C19H35N5O7. The first-order valence-electron chi connectivity index (χ1n) is 10.0. The topological polar surface area (TPSA) is 214 Å². The van der Waals surface area contributed by atoms with Gasteiger partial charge in [0.25, 0.3) is 0 Å². The maximum Gasteiger partial charge on any atom is 0.326 e. The summed E-state index contributed by atoms with van der Waals surface area (Å²) in [6.07, 6.45) is -1.56. The summed E-state index contributed by atoms with van der Waals surface area (Å²) in [4.78, 5) is 59.9. The van der Waals surface area contributed by atoms with Crippen LogP contribution in [0, 0.1) is 11.8 Å². The van der Waals surface area contributed by atoms with E-state index in [9.17, 15) is 34.2 Å². The minimum atomic E-state index is -1.36. The number of aliphatic carboxylic acids is 1. The number of amides is 4. The molecule has 0 fully saturated rings. The first kappa shape index (κ1) is 28.3. The van der Waals surface area contributed by atoms with E-state index in [1.807, 2.05) is 0 Å². The van der Waals surface area contributed by atoms with Crippen LogP contribution in [0.5, 0.6) is 0 Å². The molecule has 0 aliphatic carbocycles. The third-order valence-corrected chi connectivity index (χ3v) is 4.61. The Hall–Kier alpha value is -2.73. The van der Waals surface area contributed by atoms with Crippen molar-refractivity contribution in [2.75, 3.05) is 0 Å². The number of aliphatic hydroxyl groups excluding tert-OH is 1. The first-order valence-corrected chi connectivity index (χ1v) is 10.0. The van der Waals surface area contributed by atoms with Crippen molar-refractivity contribution in [3.8, 4) is 0 Å². The van der Waals surface area contributed by atoms with E-state index in [2.05, 4.69) is 16.0 Å². The standard InChI is InChI=1S/C19H35N5O7/c1-8(2)14(17(28)22-11(19(30)31)6-7-12(20)26)24-18(29)15(9(3)4)23-16(27)13(21)10(5)25/h8-11,13-15,25H,6-7,21H2,1-5H3,(H2,20,26)(H,22,28)(H,23,27)(H,24,29)(H,30,31). The van der Waals surface area contributed by atoms with Crippen LogP contribution in [-0.2, 0) is 24.0 Å². The van der Waals surface area contributed by atoms with Crippen LogP contribution in [0.3, 0.4) is 0 Å². The molecule has 0 aromatic carbocycles. The number of carbonyl (C=O) groups is 5. The molecule has 0 saturated heterocycles. The first-order chi connectivity index (χ1) is 14.2. The largest absolute Gasteiger partial charge is 0.480 e. The lowest BCUT2D eigenvalue weighted by molar-refractivity contribution is -0.143. The molecule has 0 saturated carbocycles. The van der Waals surface area contributed by atoms with E-state index in [1.165, 1.54) is 6.92 Å². The second-order valence-corrected chi connectivity index (χ2v) is 8.13. The van der Waals surface area contributed by atoms with Gasteiger partial charge in [0.2, 0.25) is 23.6 Å². The fourth-order valence-corrected chi connectivity index (χ4v) is 2.59. The third kappa shape index (κ3) is 9.75. The summed E-state index contributed by atoms with van der Waals surface area (Å²) in [5.74, 6) is -5.00. The van der Waals surface area contributed by atoms with Gasteiger partial charge < -0.3 is 37.6 Å². The molecule has 0 radical (unpaired) electrons. The molecule has 0 heterocycles. The molecule has 4 amide bonds. The smallest absolute Gasteiger partial charge is 0.326 e. The summed E-state index contributed by atoms with van der Waals surface area (Å²) in [5, 5.41) is 26.0. The number of primary amides is 1. The Kier molecular flexibility index (Phi) is 11.7. The zero-order chi connectivity index (χ0) is 24.5. The molecule has 12 heteroatoms. The van der Waals surface area contributed by atoms with Gasteiger partial charge in [0, 0.05) is 6.42 Å². The van der Waals surface area contributed by atoms with E-state index in [4.69, 9.17) is 11.5 Å². The number of carboxylic acid groups (broad SMARTS) is 1. The molecule has 0 spiro atoms. The van der Waals surface area contributed by atoms with E-state index in [-0.39, 0.29) is 18.8 Å². The van der Waals surface area contributed by atoms with E-state index < -0.39 is 65.8 Å². The number of aliphatic hydroxyl groups is 1. The Morgan fingerprint density at radius 3 is 1.58 bits per heavy atom. The summed E-state index contributed by atoms with van der Waals surface area (Å²) < 4.78 is 0. The van der Waals surface area contributed by atoms with Gasteiger partial charge in [-0.1, -0.05) is 27.7 Å². The molecule has 0 bridgehead atoms. The molecule has 178 valence electrons. The Morgan fingerprint density at radius 2 is 1.23 bits per heavy atom. The van der Waals surface area contributed by atoms with Gasteiger partial charge in [-0.15, -0.1) is 0 Å².